The molecule has 0 amide bonds. The van der Waals surface area contributed by atoms with Gasteiger partial charge >= 0.3 is 0 Å². The lowest BCUT2D eigenvalue weighted by Crippen LogP contribution is -2.06. The molecule has 0 fully saturated rings. The van der Waals surface area contributed by atoms with Crippen LogP contribution < -0.4 is 0 Å². The molecule has 0 bridgehead atoms. The molecule has 0 atom stereocenters. The van der Waals surface area contributed by atoms with Gasteiger partial charge in [-0.05, 0) is 6.07 Å². The van der Waals surface area contributed by atoms with E-state index < -0.39 is 0 Å². The Morgan fingerprint density at radius 3 is 2.67 bits per heavy atom. The SMILES string of the molecule is C=CN=C(C=N)c1ncccn1. The third kappa shape index (κ3) is 1.82. The van der Waals surface area contributed by atoms with E-state index >= 15 is 0 Å². The van der Waals surface area contributed by atoms with Gasteiger partial charge in [0.05, 0.1) is 0 Å². The normalized spacial score (nSPS) is 10.8. The van der Waals surface area contributed by atoms with Gasteiger partial charge in [0.15, 0.2) is 5.82 Å². The number of hydrogen-bond acceptors (Lipinski definition) is 4. The molecule has 1 heterocycles. The summed E-state index contributed by atoms with van der Waals surface area (Å²) in [4.78, 5) is 11.7. The highest BCUT2D eigenvalue weighted by Gasteiger charge is 1.99. The summed E-state index contributed by atoms with van der Waals surface area (Å²) in [5.74, 6) is 0.437. The third-order valence-corrected chi connectivity index (χ3v) is 1.16. The average molecular weight is 160 g/mol. The zero-order valence-electron chi connectivity index (χ0n) is 6.44. The molecule has 1 N–H and O–H groups in total. The molecule has 12 heavy (non-hydrogen) atoms. The van der Waals surface area contributed by atoms with Crippen molar-refractivity contribution in [1.82, 2.24) is 9.97 Å². The second-order valence-corrected chi connectivity index (χ2v) is 1.91. The Balaban J connectivity index is 3.03. The molecule has 0 saturated heterocycles. The van der Waals surface area contributed by atoms with Crippen molar-refractivity contribution in [3.05, 3.63) is 37.1 Å². The van der Waals surface area contributed by atoms with Crippen molar-refractivity contribution in [1.29, 1.82) is 5.41 Å². The predicted octanol–water partition coefficient (Wildman–Crippen LogP) is 1.06. The van der Waals surface area contributed by atoms with E-state index in [1.807, 2.05) is 0 Å². The van der Waals surface area contributed by atoms with Crippen molar-refractivity contribution in [2.75, 3.05) is 0 Å². The Morgan fingerprint density at radius 1 is 1.50 bits per heavy atom. The Hall–Kier alpha value is -1.84. The van der Waals surface area contributed by atoms with Crippen molar-refractivity contribution >= 4 is 11.9 Å². The number of nitrogens with one attached hydrogen (secondary N) is 1. The number of aromatic nitrogens is 2. The summed E-state index contributed by atoms with van der Waals surface area (Å²) < 4.78 is 0. The quantitative estimate of drug-likeness (QED) is 0.672. The summed E-state index contributed by atoms with van der Waals surface area (Å²) in [6.07, 6.45) is 5.66. The summed E-state index contributed by atoms with van der Waals surface area (Å²) in [5, 5.41) is 7.02. The van der Waals surface area contributed by atoms with Crippen LogP contribution in [0.25, 0.3) is 0 Å². The van der Waals surface area contributed by atoms with Gasteiger partial charge in [0.1, 0.15) is 5.71 Å². The van der Waals surface area contributed by atoms with Crippen LogP contribution in [0.1, 0.15) is 5.82 Å². The van der Waals surface area contributed by atoms with E-state index in [1.165, 1.54) is 6.20 Å². The molecular formula is C8H8N4. The van der Waals surface area contributed by atoms with E-state index in [9.17, 15) is 0 Å². The van der Waals surface area contributed by atoms with Crippen LogP contribution in [-0.2, 0) is 0 Å². The van der Waals surface area contributed by atoms with Crippen LogP contribution in [-0.4, -0.2) is 21.9 Å². The molecule has 4 nitrogen and oxygen atoms in total. The monoisotopic (exact) mass is 160 g/mol. The summed E-state index contributed by atoms with van der Waals surface area (Å²) >= 11 is 0. The Labute approximate surface area is 70.2 Å². The van der Waals surface area contributed by atoms with Gasteiger partial charge in [-0.3, -0.25) is 4.99 Å². The molecule has 1 aromatic rings. The van der Waals surface area contributed by atoms with Crippen molar-refractivity contribution in [3.8, 4) is 0 Å². The first-order valence-corrected chi connectivity index (χ1v) is 3.35. The van der Waals surface area contributed by atoms with Crippen LogP contribution in [0.15, 0.2) is 36.2 Å². The Morgan fingerprint density at radius 2 is 2.17 bits per heavy atom. The highest BCUT2D eigenvalue weighted by atomic mass is 14.9. The smallest absolute Gasteiger partial charge is 0.179 e. The fourth-order valence-corrected chi connectivity index (χ4v) is 0.689. The van der Waals surface area contributed by atoms with Crippen LogP contribution in [0.3, 0.4) is 0 Å². The Bertz CT molecular complexity index is 302. The minimum absolute atomic E-state index is 0.408. The second kappa shape index (κ2) is 4.12. The lowest BCUT2D eigenvalue weighted by Gasteiger charge is -1.94. The van der Waals surface area contributed by atoms with Crippen molar-refractivity contribution in [2.24, 2.45) is 4.99 Å². The van der Waals surface area contributed by atoms with Crippen LogP contribution >= 0.6 is 0 Å². The molecule has 1 rings (SSSR count). The van der Waals surface area contributed by atoms with Gasteiger partial charge in [0, 0.05) is 24.8 Å². The second-order valence-electron chi connectivity index (χ2n) is 1.91. The van der Waals surface area contributed by atoms with Crippen LogP contribution in [0.5, 0.6) is 0 Å². The number of nitrogens with zero attached hydrogens (tertiary/aromatic N) is 3. The van der Waals surface area contributed by atoms with Crippen molar-refractivity contribution in [2.45, 2.75) is 0 Å². The van der Waals surface area contributed by atoms with Gasteiger partial charge in [-0.1, -0.05) is 6.58 Å². The molecule has 0 aliphatic heterocycles. The molecule has 0 aliphatic carbocycles. The molecule has 0 spiro atoms. The van der Waals surface area contributed by atoms with Crippen LogP contribution in [0, 0.1) is 5.41 Å². The minimum Gasteiger partial charge on any atom is -0.306 e. The fourth-order valence-electron chi connectivity index (χ4n) is 0.689. The number of rotatable bonds is 3. The number of hydrogen-bond donors (Lipinski definition) is 1. The summed E-state index contributed by atoms with van der Waals surface area (Å²) in [6.45, 7) is 3.43. The molecule has 0 saturated carbocycles. The summed E-state index contributed by atoms with van der Waals surface area (Å²) in [7, 11) is 0. The van der Waals surface area contributed by atoms with Gasteiger partial charge in [-0.2, -0.15) is 0 Å². The highest BCUT2D eigenvalue weighted by Crippen LogP contribution is 1.90. The van der Waals surface area contributed by atoms with E-state index in [0.717, 1.165) is 6.21 Å². The lowest BCUT2D eigenvalue weighted by molar-refractivity contribution is 1.14. The third-order valence-electron chi connectivity index (χ3n) is 1.16. The van der Waals surface area contributed by atoms with Crippen LogP contribution in [0.4, 0.5) is 0 Å². The number of aliphatic imine (C=N–C) groups is 1. The fraction of sp³-hybridized carbons (Fsp3) is 0. The first-order valence-electron chi connectivity index (χ1n) is 3.35. The lowest BCUT2D eigenvalue weighted by atomic mass is 10.4. The topological polar surface area (TPSA) is 62.0 Å². The maximum absolute atomic E-state index is 7.02. The molecular weight excluding hydrogens is 152 g/mol. The van der Waals surface area contributed by atoms with E-state index in [0.29, 0.717) is 11.5 Å². The first kappa shape index (κ1) is 8.26. The maximum Gasteiger partial charge on any atom is 0.179 e. The minimum atomic E-state index is 0.408. The highest BCUT2D eigenvalue weighted by molar-refractivity contribution is 6.36. The summed E-state index contributed by atoms with van der Waals surface area (Å²) in [5.41, 5.74) is 0.408. The summed E-state index contributed by atoms with van der Waals surface area (Å²) in [6, 6.07) is 1.71. The molecule has 1 aromatic heterocycles. The largest absolute Gasteiger partial charge is 0.306 e. The van der Waals surface area contributed by atoms with Crippen molar-refractivity contribution in [3.63, 3.8) is 0 Å². The molecule has 4 heteroatoms. The molecule has 0 aliphatic rings. The van der Waals surface area contributed by atoms with E-state index in [4.69, 9.17) is 5.41 Å². The first-order chi connectivity index (χ1) is 5.88. The van der Waals surface area contributed by atoms with Gasteiger partial charge in [0.2, 0.25) is 0 Å². The Kier molecular flexibility index (Phi) is 2.84. The van der Waals surface area contributed by atoms with Gasteiger partial charge < -0.3 is 5.41 Å². The molecule has 0 unspecified atom stereocenters. The van der Waals surface area contributed by atoms with Crippen molar-refractivity contribution < 1.29 is 0 Å². The maximum atomic E-state index is 7.02. The molecule has 0 aromatic carbocycles. The zero-order valence-corrected chi connectivity index (χ0v) is 6.44. The molecule has 60 valence electrons. The van der Waals surface area contributed by atoms with E-state index in [2.05, 4.69) is 21.5 Å². The molecule has 0 radical (unpaired) electrons. The van der Waals surface area contributed by atoms with Gasteiger partial charge in [0.25, 0.3) is 0 Å². The van der Waals surface area contributed by atoms with E-state index in [-0.39, 0.29) is 0 Å². The van der Waals surface area contributed by atoms with E-state index in [1.54, 1.807) is 18.5 Å². The average Bonchev–Trinajstić information content (AvgIpc) is 2.15. The van der Waals surface area contributed by atoms with Gasteiger partial charge in [-0.15, -0.1) is 0 Å². The standard InChI is InChI=1S/C8H8N4/c1-2-10-7(6-9)8-11-4-3-5-12-8/h2-6,9H,1H2. The van der Waals surface area contributed by atoms with Gasteiger partial charge in [-0.25, -0.2) is 9.97 Å². The zero-order chi connectivity index (χ0) is 8.81. The van der Waals surface area contributed by atoms with Crippen LogP contribution in [0.2, 0.25) is 0 Å². The predicted molar refractivity (Wildman–Crippen MR) is 47.5 cm³/mol.